The number of sulfonamides is 1. The van der Waals surface area contributed by atoms with E-state index in [0.717, 1.165) is 10.7 Å². The molecule has 7 heteroatoms. The molecule has 1 N–H and O–H groups in total. The van der Waals surface area contributed by atoms with Crippen molar-refractivity contribution in [2.24, 2.45) is 5.92 Å². The summed E-state index contributed by atoms with van der Waals surface area (Å²) >= 11 is 0. The predicted octanol–water partition coefficient (Wildman–Crippen LogP) is 1.78. The van der Waals surface area contributed by atoms with E-state index in [0.29, 0.717) is 23.7 Å². The van der Waals surface area contributed by atoms with Crippen molar-refractivity contribution in [2.45, 2.75) is 25.2 Å². The fourth-order valence-corrected chi connectivity index (χ4v) is 3.19. The molecule has 0 spiro atoms. The van der Waals surface area contributed by atoms with Crippen LogP contribution in [0.3, 0.4) is 0 Å². The Morgan fingerprint density at radius 2 is 1.78 bits per heavy atom. The summed E-state index contributed by atoms with van der Waals surface area (Å²) in [6, 6.07) is 4.75. The average Bonchev–Trinajstić information content (AvgIpc) is 2.45. The monoisotopic (exact) mass is 341 g/mol. The normalized spacial score (nSPS) is 11.8. The summed E-state index contributed by atoms with van der Waals surface area (Å²) < 4.78 is 26.2. The van der Waals surface area contributed by atoms with Crippen LogP contribution >= 0.6 is 0 Å². The highest BCUT2D eigenvalue weighted by Crippen LogP contribution is 2.27. The first kappa shape index (κ1) is 19.4. The van der Waals surface area contributed by atoms with Gasteiger partial charge in [-0.3, -0.25) is 4.79 Å². The molecule has 0 heterocycles. The van der Waals surface area contributed by atoms with E-state index in [1.807, 2.05) is 0 Å². The molecular formula is C16H27N3O3S. The maximum absolute atomic E-state index is 12.5. The highest BCUT2D eigenvalue weighted by atomic mass is 32.2. The smallest absolute Gasteiger partial charge is 0.251 e. The van der Waals surface area contributed by atoms with E-state index in [1.54, 1.807) is 31.1 Å². The molecule has 1 aromatic carbocycles. The molecule has 130 valence electrons. The lowest BCUT2D eigenvalue weighted by atomic mass is 10.1. The third-order valence-corrected chi connectivity index (χ3v) is 5.31. The van der Waals surface area contributed by atoms with Gasteiger partial charge < -0.3 is 10.2 Å². The Balaban J connectivity index is 3.17. The van der Waals surface area contributed by atoms with E-state index in [-0.39, 0.29) is 10.8 Å². The van der Waals surface area contributed by atoms with Crippen molar-refractivity contribution < 1.29 is 13.2 Å². The zero-order valence-electron chi connectivity index (χ0n) is 14.8. The Kier molecular flexibility index (Phi) is 6.58. The largest absolute Gasteiger partial charge is 0.377 e. The van der Waals surface area contributed by atoms with Gasteiger partial charge in [-0.25, -0.2) is 12.7 Å². The molecule has 0 atom stereocenters. The van der Waals surface area contributed by atoms with Crippen LogP contribution in [-0.2, 0) is 10.0 Å². The molecule has 1 rings (SSSR count). The van der Waals surface area contributed by atoms with Gasteiger partial charge in [-0.1, -0.05) is 13.8 Å². The number of amides is 1. The molecule has 0 aliphatic heterocycles. The number of benzene rings is 1. The highest BCUT2D eigenvalue weighted by molar-refractivity contribution is 7.89. The van der Waals surface area contributed by atoms with Crippen LogP contribution < -0.4 is 10.2 Å². The molecule has 0 bridgehead atoms. The minimum atomic E-state index is -3.63. The van der Waals surface area contributed by atoms with Crippen LogP contribution in [-0.4, -0.2) is 53.4 Å². The van der Waals surface area contributed by atoms with Gasteiger partial charge in [-0.05, 0) is 30.5 Å². The lowest BCUT2D eigenvalue weighted by Crippen LogP contribution is -2.28. The molecule has 0 aliphatic rings. The van der Waals surface area contributed by atoms with E-state index in [4.69, 9.17) is 0 Å². The van der Waals surface area contributed by atoms with Crippen molar-refractivity contribution >= 4 is 21.6 Å². The van der Waals surface area contributed by atoms with Crippen molar-refractivity contribution in [3.8, 4) is 0 Å². The van der Waals surface area contributed by atoms with Crippen molar-refractivity contribution in [2.75, 3.05) is 39.6 Å². The molecule has 0 aromatic heterocycles. The zero-order chi connectivity index (χ0) is 17.8. The number of carbonyl (C=O) groups excluding carboxylic acids is 1. The Hall–Kier alpha value is -1.60. The summed E-state index contributed by atoms with van der Waals surface area (Å²) in [5.74, 6) is 0.238. The van der Waals surface area contributed by atoms with E-state index in [9.17, 15) is 13.2 Å². The van der Waals surface area contributed by atoms with Gasteiger partial charge in [0.1, 0.15) is 4.90 Å². The number of rotatable bonds is 7. The number of nitrogens with one attached hydrogen (secondary N) is 1. The molecule has 0 aliphatic carbocycles. The SMILES string of the molecule is CC(C)CCNC(=O)c1ccc(N(C)C)c(S(=O)(=O)N(C)C)c1. The Labute approximate surface area is 139 Å². The Morgan fingerprint density at radius 3 is 2.26 bits per heavy atom. The second-order valence-corrected chi connectivity index (χ2v) is 8.42. The summed E-state index contributed by atoms with van der Waals surface area (Å²) in [6.45, 7) is 4.74. The fourth-order valence-electron chi connectivity index (χ4n) is 2.00. The van der Waals surface area contributed by atoms with E-state index >= 15 is 0 Å². The number of carbonyl (C=O) groups is 1. The third kappa shape index (κ3) is 4.94. The van der Waals surface area contributed by atoms with Crippen molar-refractivity contribution in [3.63, 3.8) is 0 Å². The molecule has 0 saturated carbocycles. The topological polar surface area (TPSA) is 69.7 Å². The summed E-state index contributed by atoms with van der Waals surface area (Å²) in [6.07, 6.45) is 0.879. The molecule has 0 unspecified atom stereocenters. The van der Waals surface area contributed by atoms with Crippen LogP contribution in [0.4, 0.5) is 5.69 Å². The summed E-state index contributed by atoms with van der Waals surface area (Å²) in [5, 5.41) is 2.83. The van der Waals surface area contributed by atoms with Gasteiger partial charge in [-0.15, -0.1) is 0 Å². The van der Waals surface area contributed by atoms with Crippen LogP contribution in [0.15, 0.2) is 23.1 Å². The van der Waals surface area contributed by atoms with E-state index in [2.05, 4.69) is 19.2 Å². The molecule has 6 nitrogen and oxygen atoms in total. The average molecular weight is 341 g/mol. The first-order valence-electron chi connectivity index (χ1n) is 7.59. The second-order valence-electron chi connectivity index (χ2n) is 6.30. The van der Waals surface area contributed by atoms with E-state index < -0.39 is 10.0 Å². The molecule has 0 saturated heterocycles. The van der Waals surface area contributed by atoms with Crippen molar-refractivity contribution in [1.29, 1.82) is 0 Å². The molecule has 1 aromatic rings. The van der Waals surface area contributed by atoms with Crippen LogP contribution in [0.2, 0.25) is 0 Å². The maximum Gasteiger partial charge on any atom is 0.251 e. The van der Waals surface area contributed by atoms with Gasteiger partial charge in [0, 0.05) is 40.3 Å². The number of hydrogen-bond acceptors (Lipinski definition) is 4. The van der Waals surface area contributed by atoms with Crippen LogP contribution in [0.1, 0.15) is 30.6 Å². The molecule has 1 amide bonds. The van der Waals surface area contributed by atoms with Gasteiger partial charge >= 0.3 is 0 Å². The van der Waals surface area contributed by atoms with Gasteiger partial charge in [0.05, 0.1) is 5.69 Å². The Morgan fingerprint density at radius 1 is 1.17 bits per heavy atom. The lowest BCUT2D eigenvalue weighted by Gasteiger charge is -2.21. The second kappa shape index (κ2) is 7.79. The molecular weight excluding hydrogens is 314 g/mol. The van der Waals surface area contributed by atoms with Crippen molar-refractivity contribution in [1.82, 2.24) is 9.62 Å². The van der Waals surface area contributed by atoms with Crippen LogP contribution in [0.5, 0.6) is 0 Å². The minimum Gasteiger partial charge on any atom is -0.377 e. The minimum absolute atomic E-state index is 0.129. The molecule has 0 fully saturated rings. The third-order valence-electron chi connectivity index (χ3n) is 3.47. The van der Waals surface area contributed by atoms with Gasteiger partial charge in [0.15, 0.2) is 0 Å². The van der Waals surface area contributed by atoms with Gasteiger partial charge in [0.2, 0.25) is 10.0 Å². The fraction of sp³-hybridized carbons (Fsp3) is 0.562. The predicted molar refractivity (Wildman–Crippen MR) is 93.4 cm³/mol. The van der Waals surface area contributed by atoms with Crippen molar-refractivity contribution in [3.05, 3.63) is 23.8 Å². The summed E-state index contributed by atoms with van der Waals surface area (Å²) in [5.41, 5.74) is 0.900. The quantitative estimate of drug-likeness (QED) is 0.821. The molecule has 0 radical (unpaired) electrons. The number of hydrogen-bond donors (Lipinski definition) is 1. The zero-order valence-corrected chi connectivity index (χ0v) is 15.6. The van der Waals surface area contributed by atoms with Gasteiger partial charge in [-0.2, -0.15) is 0 Å². The first-order chi connectivity index (χ1) is 10.6. The molecule has 23 heavy (non-hydrogen) atoms. The number of nitrogens with zero attached hydrogens (tertiary/aromatic N) is 2. The number of anilines is 1. The van der Waals surface area contributed by atoms with Crippen LogP contribution in [0, 0.1) is 5.92 Å². The van der Waals surface area contributed by atoms with E-state index in [1.165, 1.54) is 20.2 Å². The highest BCUT2D eigenvalue weighted by Gasteiger charge is 2.24. The van der Waals surface area contributed by atoms with Crippen LogP contribution in [0.25, 0.3) is 0 Å². The summed E-state index contributed by atoms with van der Waals surface area (Å²) in [4.78, 5) is 14.1. The Bertz CT molecular complexity index is 653. The first-order valence-corrected chi connectivity index (χ1v) is 9.03. The summed E-state index contributed by atoms with van der Waals surface area (Å²) in [7, 11) is 2.86. The maximum atomic E-state index is 12.5. The standard InChI is InChI=1S/C16H27N3O3S/c1-12(2)9-10-17-16(20)13-7-8-14(18(3)4)15(11-13)23(21,22)19(5)6/h7-8,11-12H,9-10H2,1-6H3,(H,17,20). The van der Waals surface area contributed by atoms with Gasteiger partial charge in [0.25, 0.3) is 5.91 Å². The lowest BCUT2D eigenvalue weighted by molar-refractivity contribution is 0.0952.